The number of rotatable bonds is 5. The molecule has 1 aromatic rings. The van der Waals surface area contributed by atoms with Crippen molar-refractivity contribution in [1.82, 2.24) is 5.32 Å². The lowest BCUT2D eigenvalue weighted by molar-refractivity contribution is 0.127. The Kier molecular flexibility index (Phi) is 5.47. The van der Waals surface area contributed by atoms with Gasteiger partial charge in [-0.1, -0.05) is 32.4 Å². The molecule has 0 saturated heterocycles. The molecule has 0 aromatic heterocycles. The van der Waals surface area contributed by atoms with E-state index in [-0.39, 0.29) is 0 Å². The van der Waals surface area contributed by atoms with Crippen LogP contribution in [-0.2, 0) is 0 Å². The molecule has 0 heterocycles. The van der Waals surface area contributed by atoms with Crippen LogP contribution in [0.3, 0.4) is 0 Å². The van der Waals surface area contributed by atoms with E-state index in [4.69, 9.17) is 4.74 Å². The molecule has 1 aliphatic carbocycles. The van der Waals surface area contributed by atoms with E-state index < -0.39 is 0 Å². The molecule has 0 spiro atoms. The van der Waals surface area contributed by atoms with Gasteiger partial charge in [0, 0.05) is 11.6 Å². The first-order valence-corrected chi connectivity index (χ1v) is 8.10. The second-order valence-corrected chi connectivity index (χ2v) is 6.33. The summed E-state index contributed by atoms with van der Waals surface area (Å²) in [6.45, 7) is 9.82. The summed E-state index contributed by atoms with van der Waals surface area (Å²) in [7, 11) is 0. The van der Waals surface area contributed by atoms with Gasteiger partial charge in [0.2, 0.25) is 0 Å². The Labute approximate surface area is 123 Å². The Bertz CT molecular complexity index is 429. The molecular formula is C18H29NO. The third-order valence-electron chi connectivity index (χ3n) is 4.33. The molecule has 1 aliphatic rings. The highest BCUT2D eigenvalue weighted by Gasteiger charge is 2.22. The van der Waals surface area contributed by atoms with Crippen molar-refractivity contribution in [2.45, 2.75) is 65.5 Å². The number of hydrogen-bond acceptors (Lipinski definition) is 2. The molecule has 2 rings (SSSR count). The van der Waals surface area contributed by atoms with Crippen LogP contribution in [0.2, 0.25) is 0 Å². The summed E-state index contributed by atoms with van der Waals surface area (Å²) >= 11 is 0. The van der Waals surface area contributed by atoms with Gasteiger partial charge in [-0.2, -0.15) is 0 Å². The molecule has 3 atom stereocenters. The van der Waals surface area contributed by atoms with Crippen molar-refractivity contribution in [2.24, 2.45) is 5.92 Å². The van der Waals surface area contributed by atoms with Gasteiger partial charge in [0.15, 0.2) is 0 Å². The SMILES string of the molecule is CCNC(C)c1ccc(C)cc1OC1CCCC(C)C1. The first kappa shape index (κ1) is 15.4. The van der Waals surface area contributed by atoms with Crippen LogP contribution in [0.5, 0.6) is 5.75 Å². The van der Waals surface area contributed by atoms with Crippen molar-refractivity contribution in [3.05, 3.63) is 29.3 Å². The Morgan fingerprint density at radius 1 is 1.35 bits per heavy atom. The molecule has 2 heteroatoms. The molecule has 0 radical (unpaired) electrons. The largest absolute Gasteiger partial charge is 0.490 e. The maximum absolute atomic E-state index is 6.37. The molecule has 0 bridgehead atoms. The zero-order valence-corrected chi connectivity index (χ0v) is 13.4. The molecule has 0 aliphatic heterocycles. The van der Waals surface area contributed by atoms with Crippen LogP contribution >= 0.6 is 0 Å². The molecule has 3 unspecified atom stereocenters. The average Bonchev–Trinajstić information content (AvgIpc) is 2.39. The van der Waals surface area contributed by atoms with Crippen LogP contribution in [0.4, 0.5) is 0 Å². The van der Waals surface area contributed by atoms with Crippen molar-refractivity contribution < 1.29 is 4.74 Å². The lowest BCUT2D eigenvalue weighted by atomic mass is 9.88. The summed E-state index contributed by atoms with van der Waals surface area (Å²) in [5.74, 6) is 1.88. The standard InChI is InChI=1S/C18H29NO/c1-5-19-15(4)17-10-9-14(3)12-18(17)20-16-8-6-7-13(2)11-16/h9-10,12-13,15-16,19H,5-8,11H2,1-4H3. The highest BCUT2D eigenvalue weighted by atomic mass is 16.5. The van der Waals surface area contributed by atoms with Crippen LogP contribution < -0.4 is 10.1 Å². The van der Waals surface area contributed by atoms with E-state index in [0.717, 1.165) is 18.2 Å². The van der Waals surface area contributed by atoms with Gasteiger partial charge in [-0.25, -0.2) is 0 Å². The number of ether oxygens (including phenoxy) is 1. The van der Waals surface area contributed by atoms with Gasteiger partial charge in [-0.05, 0) is 57.2 Å². The predicted molar refractivity (Wildman–Crippen MR) is 85.3 cm³/mol. The van der Waals surface area contributed by atoms with Crippen molar-refractivity contribution in [1.29, 1.82) is 0 Å². The smallest absolute Gasteiger partial charge is 0.124 e. The third-order valence-corrected chi connectivity index (χ3v) is 4.33. The average molecular weight is 275 g/mol. The quantitative estimate of drug-likeness (QED) is 0.846. The lowest BCUT2D eigenvalue weighted by Crippen LogP contribution is -2.25. The number of nitrogens with one attached hydrogen (secondary N) is 1. The van der Waals surface area contributed by atoms with E-state index in [1.54, 1.807) is 0 Å². The van der Waals surface area contributed by atoms with Gasteiger partial charge < -0.3 is 10.1 Å². The number of benzene rings is 1. The Hall–Kier alpha value is -1.02. The fraction of sp³-hybridized carbons (Fsp3) is 0.667. The molecule has 1 aromatic carbocycles. The second-order valence-electron chi connectivity index (χ2n) is 6.33. The summed E-state index contributed by atoms with van der Waals surface area (Å²) in [6, 6.07) is 6.93. The Balaban J connectivity index is 2.14. The van der Waals surface area contributed by atoms with E-state index in [9.17, 15) is 0 Å². The molecule has 1 saturated carbocycles. The molecule has 2 nitrogen and oxygen atoms in total. The second kappa shape index (κ2) is 7.12. The van der Waals surface area contributed by atoms with E-state index in [0.29, 0.717) is 12.1 Å². The van der Waals surface area contributed by atoms with Gasteiger partial charge in [-0.3, -0.25) is 0 Å². The predicted octanol–water partition coefficient (Wildman–Crippen LogP) is 4.62. The minimum atomic E-state index is 0.344. The van der Waals surface area contributed by atoms with Gasteiger partial charge in [0.05, 0.1) is 6.10 Å². The summed E-state index contributed by atoms with van der Waals surface area (Å²) in [4.78, 5) is 0. The van der Waals surface area contributed by atoms with Crippen LogP contribution in [0, 0.1) is 12.8 Å². The van der Waals surface area contributed by atoms with Crippen LogP contribution in [-0.4, -0.2) is 12.6 Å². The molecule has 0 amide bonds. The van der Waals surface area contributed by atoms with Gasteiger partial charge in [-0.15, -0.1) is 0 Å². The first-order chi connectivity index (χ1) is 9.60. The highest BCUT2D eigenvalue weighted by molar-refractivity contribution is 5.39. The topological polar surface area (TPSA) is 21.3 Å². The van der Waals surface area contributed by atoms with Crippen LogP contribution in [0.25, 0.3) is 0 Å². The summed E-state index contributed by atoms with van der Waals surface area (Å²) < 4.78 is 6.37. The summed E-state index contributed by atoms with van der Waals surface area (Å²) in [6.07, 6.45) is 5.45. The van der Waals surface area contributed by atoms with Gasteiger partial charge in [0.1, 0.15) is 5.75 Å². The van der Waals surface area contributed by atoms with Crippen LogP contribution in [0.15, 0.2) is 18.2 Å². The maximum Gasteiger partial charge on any atom is 0.124 e. The van der Waals surface area contributed by atoms with E-state index in [1.807, 2.05) is 0 Å². The van der Waals surface area contributed by atoms with Crippen molar-refractivity contribution in [2.75, 3.05) is 6.54 Å². The molecular weight excluding hydrogens is 246 g/mol. The number of aryl methyl sites for hydroxylation is 1. The third kappa shape index (κ3) is 3.99. The zero-order chi connectivity index (χ0) is 14.5. The van der Waals surface area contributed by atoms with E-state index >= 15 is 0 Å². The fourth-order valence-electron chi connectivity index (χ4n) is 3.18. The van der Waals surface area contributed by atoms with Crippen LogP contribution in [0.1, 0.15) is 63.6 Å². The Morgan fingerprint density at radius 3 is 2.85 bits per heavy atom. The highest BCUT2D eigenvalue weighted by Crippen LogP contribution is 2.32. The molecule has 1 N–H and O–H groups in total. The minimum Gasteiger partial charge on any atom is -0.490 e. The molecule has 20 heavy (non-hydrogen) atoms. The maximum atomic E-state index is 6.37. The lowest BCUT2D eigenvalue weighted by Gasteiger charge is -2.29. The van der Waals surface area contributed by atoms with E-state index in [2.05, 4.69) is 51.2 Å². The number of hydrogen-bond donors (Lipinski definition) is 1. The minimum absolute atomic E-state index is 0.344. The fourth-order valence-corrected chi connectivity index (χ4v) is 3.18. The first-order valence-electron chi connectivity index (χ1n) is 8.10. The normalized spacial score (nSPS) is 24.4. The van der Waals surface area contributed by atoms with Crippen molar-refractivity contribution >= 4 is 0 Å². The van der Waals surface area contributed by atoms with Gasteiger partial charge in [0.25, 0.3) is 0 Å². The summed E-state index contributed by atoms with van der Waals surface area (Å²) in [5.41, 5.74) is 2.56. The van der Waals surface area contributed by atoms with E-state index in [1.165, 1.54) is 36.8 Å². The molecule has 1 fully saturated rings. The monoisotopic (exact) mass is 275 g/mol. The van der Waals surface area contributed by atoms with Crippen molar-refractivity contribution in [3.8, 4) is 5.75 Å². The zero-order valence-electron chi connectivity index (χ0n) is 13.4. The van der Waals surface area contributed by atoms with Crippen molar-refractivity contribution in [3.63, 3.8) is 0 Å². The Morgan fingerprint density at radius 2 is 2.15 bits per heavy atom. The summed E-state index contributed by atoms with van der Waals surface area (Å²) in [5, 5.41) is 3.49. The molecule has 112 valence electrons. The van der Waals surface area contributed by atoms with Gasteiger partial charge >= 0.3 is 0 Å².